The van der Waals surface area contributed by atoms with Gasteiger partial charge >= 0.3 is 12.1 Å². The number of ether oxygens (including phenoxy) is 2. The zero-order valence-corrected chi connectivity index (χ0v) is 18.9. The van der Waals surface area contributed by atoms with Gasteiger partial charge in [0.05, 0.1) is 12.3 Å². The fourth-order valence-corrected chi connectivity index (χ4v) is 4.37. The molecule has 0 spiro atoms. The summed E-state index contributed by atoms with van der Waals surface area (Å²) in [5.74, 6) is 0.0549. The number of H-pyrrole nitrogens is 1. The fourth-order valence-electron chi connectivity index (χ4n) is 4.37. The molecule has 1 aromatic carbocycles. The third-order valence-electron chi connectivity index (χ3n) is 6.16. The van der Waals surface area contributed by atoms with Crippen molar-refractivity contribution in [1.29, 1.82) is 0 Å². The quantitative estimate of drug-likeness (QED) is 0.376. The topological polar surface area (TPSA) is 77.3 Å². The largest absolute Gasteiger partial charge is 0.468 e. The summed E-state index contributed by atoms with van der Waals surface area (Å²) in [5.41, 5.74) is 2.95. The lowest BCUT2D eigenvalue weighted by Crippen LogP contribution is -2.17. The van der Waals surface area contributed by atoms with Gasteiger partial charge < -0.3 is 13.9 Å². The number of aromatic nitrogens is 2. The van der Waals surface area contributed by atoms with E-state index in [2.05, 4.69) is 22.3 Å². The van der Waals surface area contributed by atoms with Gasteiger partial charge in [0.1, 0.15) is 12.4 Å². The number of carbonyl (C=O) groups is 1. The highest BCUT2D eigenvalue weighted by Gasteiger charge is 2.34. The predicted molar refractivity (Wildman–Crippen MR) is 118 cm³/mol. The fraction of sp³-hybridized carbons (Fsp3) is 0.440. The maximum atomic E-state index is 12.6. The van der Waals surface area contributed by atoms with Crippen LogP contribution >= 0.6 is 0 Å². The Labute approximate surface area is 195 Å². The highest BCUT2D eigenvalue weighted by atomic mass is 19.4. The van der Waals surface area contributed by atoms with Crippen molar-refractivity contribution in [3.8, 4) is 17.1 Å². The minimum Gasteiger partial charge on any atom is -0.468 e. The van der Waals surface area contributed by atoms with Crippen molar-refractivity contribution in [2.75, 3.05) is 6.61 Å². The van der Waals surface area contributed by atoms with Crippen LogP contribution in [0.25, 0.3) is 11.3 Å². The average Bonchev–Trinajstić information content (AvgIpc) is 3.48. The van der Waals surface area contributed by atoms with E-state index in [0.717, 1.165) is 43.0 Å². The van der Waals surface area contributed by atoms with Gasteiger partial charge in [-0.15, -0.1) is 5.10 Å². The summed E-state index contributed by atoms with van der Waals surface area (Å²) in [6.07, 6.45) is 0.126. The molecule has 1 aliphatic rings. The van der Waals surface area contributed by atoms with Gasteiger partial charge in [0.15, 0.2) is 0 Å². The van der Waals surface area contributed by atoms with Crippen LogP contribution in [-0.2, 0) is 22.3 Å². The van der Waals surface area contributed by atoms with Crippen molar-refractivity contribution in [3.05, 3.63) is 59.5 Å². The van der Waals surface area contributed by atoms with Crippen LogP contribution in [0.4, 0.5) is 13.2 Å². The molecule has 0 atom stereocenters. The smallest absolute Gasteiger partial charge is 0.449 e. The number of nitrogens with one attached hydrogen (secondary N) is 1. The molecule has 0 unspecified atom stereocenters. The van der Waals surface area contributed by atoms with E-state index >= 15 is 0 Å². The Morgan fingerprint density at radius 1 is 1.12 bits per heavy atom. The van der Waals surface area contributed by atoms with Crippen LogP contribution in [0.2, 0.25) is 0 Å². The van der Waals surface area contributed by atoms with Crippen LogP contribution in [0.5, 0.6) is 5.88 Å². The number of hydrogen-bond acceptors (Lipinski definition) is 5. The first kappa shape index (κ1) is 23.9. The number of halogens is 3. The molecule has 4 rings (SSSR count). The number of esters is 1. The summed E-state index contributed by atoms with van der Waals surface area (Å²) in [7, 11) is 0. The molecule has 0 saturated heterocycles. The molecule has 3 aromatic rings. The van der Waals surface area contributed by atoms with Crippen LogP contribution in [-0.4, -0.2) is 22.8 Å². The van der Waals surface area contributed by atoms with Crippen molar-refractivity contribution in [2.24, 2.45) is 5.92 Å². The number of alkyl halides is 3. The normalized spacial score (nSPS) is 18.6. The second-order valence-electron chi connectivity index (χ2n) is 8.52. The highest BCUT2D eigenvalue weighted by molar-refractivity contribution is 5.69. The number of benzene rings is 1. The number of hydrogen-bond donors (Lipinski definition) is 1. The average molecular weight is 476 g/mol. The van der Waals surface area contributed by atoms with Crippen LogP contribution in [0, 0.1) is 5.92 Å². The van der Waals surface area contributed by atoms with E-state index in [1.165, 1.54) is 11.6 Å². The third-order valence-corrected chi connectivity index (χ3v) is 6.16. The van der Waals surface area contributed by atoms with E-state index in [1.54, 1.807) is 6.07 Å². The Morgan fingerprint density at radius 3 is 2.50 bits per heavy atom. The molecule has 6 nitrogen and oxygen atoms in total. The molecule has 34 heavy (non-hydrogen) atoms. The van der Waals surface area contributed by atoms with Gasteiger partial charge in [-0.25, -0.2) is 0 Å². The first-order valence-corrected chi connectivity index (χ1v) is 11.4. The second kappa shape index (κ2) is 10.4. The minimum atomic E-state index is -4.52. The van der Waals surface area contributed by atoms with Crippen LogP contribution in [0.1, 0.15) is 62.0 Å². The summed E-state index contributed by atoms with van der Waals surface area (Å²) in [5, 5.41) is 6.96. The number of nitrogens with zero attached hydrogens (tertiary/aromatic N) is 1. The molecule has 2 aromatic heterocycles. The van der Waals surface area contributed by atoms with E-state index in [1.807, 2.05) is 19.1 Å². The van der Waals surface area contributed by atoms with Gasteiger partial charge in [-0.2, -0.15) is 13.2 Å². The zero-order chi connectivity index (χ0) is 24.1. The van der Waals surface area contributed by atoms with Crippen LogP contribution in [0.15, 0.2) is 46.9 Å². The lowest BCUT2D eigenvalue weighted by atomic mass is 9.77. The predicted octanol–water partition coefficient (Wildman–Crippen LogP) is 6.49. The van der Waals surface area contributed by atoms with Crippen molar-refractivity contribution in [1.82, 2.24) is 10.2 Å². The zero-order valence-electron chi connectivity index (χ0n) is 18.9. The molecular weight excluding hydrogens is 449 g/mol. The van der Waals surface area contributed by atoms with Gasteiger partial charge in [0, 0.05) is 12.5 Å². The Balaban J connectivity index is 1.29. The molecule has 182 valence electrons. The molecule has 0 aliphatic heterocycles. The lowest BCUT2D eigenvalue weighted by molar-refractivity contribution is -0.153. The maximum Gasteiger partial charge on any atom is 0.449 e. The molecule has 2 heterocycles. The number of aromatic amines is 1. The van der Waals surface area contributed by atoms with Gasteiger partial charge in [-0.05, 0) is 67.7 Å². The first-order chi connectivity index (χ1) is 16.3. The van der Waals surface area contributed by atoms with Crippen molar-refractivity contribution in [3.63, 3.8) is 0 Å². The SMILES string of the molecule is CCOC(=O)CC1CCC(c2ccc(-c3cc(OCc4ccc(C(F)(F)F)o4)n[nH]3)cc2)CC1. The second-order valence-corrected chi connectivity index (χ2v) is 8.52. The van der Waals surface area contributed by atoms with E-state index in [0.29, 0.717) is 24.9 Å². The lowest BCUT2D eigenvalue weighted by Gasteiger charge is -2.28. The maximum absolute atomic E-state index is 12.6. The highest BCUT2D eigenvalue weighted by Crippen LogP contribution is 2.38. The van der Waals surface area contributed by atoms with E-state index in [4.69, 9.17) is 13.9 Å². The molecule has 0 amide bonds. The number of carbonyl (C=O) groups excluding carboxylic acids is 1. The van der Waals surface area contributed by atoms with Crippen LogP contribution in [0.3, 0.4) is 0 Å². The third kappa shape index (κ3) is 6.01. The molecule has 1 fully saturated rings. The number of furan rings is 1. The summed E-state index contributed by atoms with van der Waals surface area (Å²) in [6, 6.07) is 12.0. The Hall–Kier alpha value is -3.23. The van der Waals surface area contributed by atoms with Gasteiger partial charge in [0.25, 0.3) is 0 Å². The first-order valence-electron chi connectivity index (χ1n) is 11.4. The Bertz CT molecular complexity index is 1080. The van der Waals surface area contributed by atoms with Gasteiger partial charge in [0.2, 0.25) is 11.6 Å². The summed E-state index contributed by atoms with van der Waals surface area (Å²) >= 11 is 0. The summed E-state index contributed by atoms with van der Waals surface area (Å²) in [6.45, 7) is 2.10. The molecule has 1 N–H and O–H groups in total. The van der Waals surface area contributed by atoms with Crippen molar-refractivity contribution < 1.29 is 31.9 Å². The molecule has 9 heteroatoms. The standard InChI is InChI=1S/C25H27F3N2O4/c1-2-32-24(31)13-16-3-5-17(6-4-16)18-7-9-19(10-8-18)21-14-23(30-29-21)33-15-20-11-12-22(34-20)25(26,27)28/h7-12,14,16-17H,2-6,13,15H2,1H3,(H,29,30). The minimum absolute atomic E-state index is 0.0678. The van der Waals surface area contributed by atoms with E-state index in [-0.39, 0.29) is 24.2 Å². The van der Waals surface area contributed by atoms with Gasteiger partial charge in [-0.1, -0.05) is 24.3 Å². The Kier molecular flexibility index (Phi) is 7.29. The number of rotatable bonds is 8. The van der Waals surface area contributed by atoms with Crippen molar-refractivity contribution >= 4 is 5.97 Å². The molecule has 0 bridgehead atoms. The molecule has 1 aliphatic carbocycles. The Morgan fingerprint density at radius 2 is 1.85 bits per heavy atom. The van der Waals surface area contributed by atoms with Crippen molar-refractivity contribution in [2.45, 2.75) is 57.7 Å². The molecule has 0 radical (unpaired) electrons. The van der Waals surface area contributed by atoms with E-state index < -0.39 is 11.9 Å². The molecular formula is C25H27F3N2O4. The van der Waals surface area contributed by atoms with E-state index in [9.17, 15) is 18.0 Å². The summed E-state index contributed by atoms with van der Waals surface area (Å²) in [4.78, 5) is 11.7. The monoisotopic (exact) mass is 476 g/mol. The van der Waals surface area contributed by atoms with Crippen LogP contribution < -0.4 is 4.74 Å². The molecule has 1 saturated carbocycles. The van der Waals surface area contributed by atoms with Gasteiger partial charge in [-0.3, -0.25) is 9.89 Å². The summed E-state index contributed by atoms with van der Waals surface area (Å²) < 4.78 is 53.1.